The summed E-state index contributed by atoms with van der Waals surface area (Å²) < 4.78 is 51.7. The van der Waals surface area contributed by atoms with E-state index in [0.29, 0.717) is 5.70 Å². The lowest BCUT2D eigenvalue weighted by Gasteiger charge is -2.21. The van der Waals surface area contributed by atoms with Crippen LogP contribution in [0.5, 0.6) is 0 Å². The molecule has 0 spiro atoms. The molecule has 10 nitrogen and oxygen atoms in total. The highest BCUT2D eigenvalue weighted by Gasteiger charge is 2.32. The van der Waals surface area contributed by atoms with Crippen LogP contribution in [0.1, 0.15) is 46.1 Å². The highest BCUT2D eigenvalue weighted by atomic mass is 19.4. The van der Waals surface area contributed by atoms with Crippen LogP contribution in [-0.2, 0) is 23.1 Å². The number of benzene rings is 1. The van der Waals surface area contributed by atoms with E-state index in [9.17, 15) is 18.0 Å². The number of aromatic nitrogens is 2. The molecule has 1 aromatic carbocycles. The maximum Gasteiger partial charge on any atom is 0.416 e. The van der Waals surface area contributed by atoms with Crippen molar-refractivity contribution in [3.05, 3.63) is 82.0 Å². The van der Waals surface area contributed by atoms with Crippen molar-refractivity contribution in [2.75, 3.05) is 47.1 Å². The van der Waals surface area contributed by atoms with E-state index in [4.69, 9.17) is 21.1 Å². The second-order valence-electron chi connectivity index (χ2n) is 10.2. The van der Waals surface area contributed by atoms with Crippen molar-refractivity contribution in [2.24, 2.45) is 18.6 Å². The number of alkyl halides is 3. The molecular formula is C32H46F3N7O3. The van der Waals surface area contributed by atoms with Crippen molar-refractivity contribution >= 4 is 11.6 Å². The summed E-state index contributed by atoms with van der Waals surface area (Å²) in [5.74, 6) is 5.58. The topological polar surface area (TPSA) is 124 Å². The third-order valence-corrected chi connectivity index (χ3v) is 6.71. The average molecular weight is 634 g/mol. The van der Waals surface area contributed by atoms with Crippen molar-refractivity contribution in [2.45, 2.75) is 39.9 Å². The second-order valence-corrected chi connectivity index (χ2v) is 10.2. The number of ether oxygens (including phenoxy) is 2. The quantitative estimate of drug-likeness (QED) is 0.155. The van der Waals surface area contributed by atoms with Crippen LogP contribution in [0.3, 0.4) is 0 Å². The van der Waals surface area contributed by atoms with Gasteiger partial charge in [0.25, 0.3) is 5.91 Å². The molecule has 248 valence electrons. The predicted octanol–water partition coefficient (Wildman–Crippen LogP) is 4.03. The van der Waals surface area contributed by atoms with Gasteiger partial charge in [-0.25, -0.2) is 5.84 Å². The van der Waals surface area contributed by atoms with Crippen LogP contribution in [0, 0.1) is 26.7 Å². The summed E-state index contributed by atoms with van der Waals surface area (Å²) in [5, 5.41) is 8.09. The van der Waals surface area contributed by atoms with Crippen molar-refractivity contribution in [1.29, 1.82) is 0 Å². The third kappa shape index (κ3) is 13.2. The number of nitrogens with zero attached hydrogens (tertiary/aromatic N) is 4. The minimum Gasteiger partial charge on any atom is -0.397 e. The Kier molecular flexibility index (Phi) is 16.7. The predicted molar refractivity (Wildman–Crippen MR) is 171 cm³/mol. The first kappa shape index (κ1) is 38.9. The lowest BCUT2D eigenvalue weighted by Crippen LogP contribution is -2.32. The molecule has 1 amide bonds. The number of likely N-dealkylation sites (N-methyl/N-ethyl adjacent to an activating group) is 1. The molecule has 2 aromatic rings. The summed E-state index contributed by atoms with van der Waals surface area (Å²) in [6.45, 7) is 9.42. The molecule has 13 heteroatoms. The molecule has 0 atom stereocenters. The first-order valence-corrected chi connectivity index (χ1v) is 14.2. The lowest BCUT2D eigenvalue weighted by atomic mass is 10.0. The van der Waals surface area contributed by atoms with E-state index in [2.05, 4.69) is 35.2 Å². The average Bonchev–Trinajstić information content (AvgIpc) is 3.33. The molecule has 0 aliphatic carbocycles. The normalized spacial score (nSPS) is 14.5. The van der Waals surface area contributed by atoms with E-state index in [-0.39, 0.29) is 30.8 Å². The molecule has 0 saturated carbocycles. The summed E-state index contributed by atoms with van der Waals surface area (Å²) in [4.78, 5) is 15.1. The molecule has 0 unspecified atom stereocenters. The van der Waals surface area contributed by atoms with Gasteiger partial charge in [0.15, 0.2) is 0 Å². The zero-order chi connectivity index (χ0) is 34.2. The van der Waals surface area contributed by atoms with Crippen LogP contribution in [-0.4, -0.2) is 78.8 Å². The number of nitrogens with two attached hydrogens (primary N) is 2. The van der Waals surface area contributed by atoms with Gasteiger partial charge in [0.1, 0.15) is 0 Å². The van der Waals surface area contributed by atoms with E-state index >= 15 is 0 Å². The number of aryl methyl sites for hydroxylation is 2. The van der Waals surface area contributed by atoms with E-state index in [1.807, 2.05) is 20.9 Å². The van der Waals surface area contributed by atoms with E-state index < -0.39 is 17.7 Å². The monoisotopic (exact) mass is 633 g/mol. The SMILES string of the molecule is C#C.CC/C=C(\C=C(/COC)NC(=O)c1ccc(C)c(CN(N)/C=C(\N)c2cnn(C)c2C)c1)C(F)(F)F.CN1CCOCC1. The van der Waals surface area contributed by atoms with Crippen molar-refractivity contribution < 1.29 is 27.4 Å². The van der Waals surface area contributed by atoms with E-state index in [1.165, 1.54) is 12.1 Å². The number of rotatable bonds is 10. The minimum absolute atomic E-state index is 0.00958. The van der Waals surface area contributed by atoms with Gasteiger partial charge in [-0.1, -0.05) is 19.1 Å². The molecular weight excluding hydrogens is 587 g/mol. The molecule has 3 rings (SSSR count). The zero-order valence-corrected chi connectivity index (χ0v) is 26.9. The number of terminal acetylenes is 1. The molecule has 45 heavy (non-hydrogen) atoms. The number of nitrogens with one attached hydrogen (secondary N) is 1. The highest BCUT2D eigenvalue weighted by Crippen LogP contribution is 2.28. The first-order chi connectivity index (χ1) is 21.3. The Labute approximate surface area is 264 Å². The second kappa shape index (κ2) is 19.3. The fraction of sp³-hybridized carbons (Fsp3) is 0.438. The van der Waals surface area contributed by atoms with Crippen LogP contribution >= 0.6 is 0 Å². The number of morpholine rings is 1. The third-order valence-electron chi connectivity index (χ3n) is 6.71. The molecule has 1 aliphatic rings. The zero-order valence-electron chi connectivity index (χ0n) is 26.9. The number of hydrazine groups is 1. The van der Waals surface area contributed by atoms with Gasteiger partial charge in [-0.2, -0.15) is 18.3 Å². The highest BCUT2D eigenvalue weighted by molar-refractivity contribution is 5.95. The smallest absolute Gasteiger partial charge is 0.397 e. The van der Waals surface area contributed by atoms with Gasteiger partial charge in [-0.15, -0.1) is 12.8 Å². The van der Waals surface area contributed by atoms with Gasteiger partial charge in [0, 0.05) is 56.0 Å². The van der Waals surface area contributed by atoms with Crippen LogP contribution in [0.4, 0.5) is 13.2 Å². The Morgan fingerprint density at radius 2 is 1.87 bits per heavy atom. The van der Waals surface area contributed by atoms with Crippen molar-refractivity contribution in [3.63, 3.8) is 0 Å². The Balaban J connectivity index is 0.000000972. The lowest BCUT2D eigenvalue weighted by molar-refractivity contribution is -0.0885. The van der Waals surface area contributed by atoms with Gasteiger partial charge in [0.05, 0.1) is 43.8 Å². The number of hydrogen-bond acceptors (Lipinski definition) is 8. The Morgan fingerprint density at radius 3 is 2.36 bits per heavy atom. The summed E-state index contributed by atoms with van der Waals surface area (Å²) in [5.41, 5.74) is 9.27. The standard InChI is InChI=1S/C25H33F3N6O2.C5H11NO.C2H2/c1-6-7-20(25(26,27)28)11-21(15-36-5)32-24(35)18-9-8-16(2)19(10-18)13-34(30)14-23(29)22-12-31-33(4)17(22)3;1-6-2-4-7-5-3-6;1-2/h7-12,14H,6,13,15,29-30H2,1-5H3,(H,32,35);2-5H2,1H3;1-2H/b20-7+,21-11+,23-14-;;. The molecule has 1 saturated heterocycles. The van der Waals surface area contributed by atoms with Gasteiger partial charge in [-0.3, -0.25) is 9.48 Å². The molecule has 0 radical (unpaired) electrons. The number of methoxy groups -OCH3 is 1. The number of allylic oxidation sites excluding steroid dienone is 3. The maximum atomic E-state index is 13.3. The molecule has 0 bridgehead atoms. The fourth-order valence-corrected chi connectivity index (χ4v) is 4.06. The summed E-state index contributed by atoms with van der Waals surface area (Å²) >= 11 is 0. The number of halogens is 3. The fourth-order valence-electron chi connectivity index (χ4n) is 4.06. The number of hydrogen-bond donors (Lipinski definition) is 3. The van der Waals surface area contributed by atoms with E-state index in [1.54, 1.807) is 42.2 Å². The molecule has 5 N–H and O–H groups in total. The molecule has 1 aliphatic heterocycles. The van der Waals surface area contributed by atoms with Gasteiger partial charge in [-0.05, 0) is 56.7 Å². The van der Waals surface area contributed by atoms with Crippen LogP contribution < -0.4 is 16.9 Å². The van der Waals surface area contributed by atoms with E-state index in [0.717, 1.165) is 60.8 Å². The maximum absolute atomic E-state index is 13.3. The largest absolute Gasteiger partial charge is 0.416 e. The number of carbonyl (C=O) groups excluding carboxylic acids is 1. The van der Waals surface area contributed by atoms with Crippen LogP contribution in [0.2, 0.25) is 0 Å². The minimum atomic E-state index is -4.55. The Hall–Kier alpha value is -4.09. The molecule has 1 fully saturated rings. The van der Waals surface area contributed by atoms with Gasteiger partial charge < -0.3 is 30.4 Å². The molecule has 1 aromatic heterocycles. The summed E-state index contributed by atoms with van der Waals surface area (Å²) in [6, 6.07) is 4.98. The number of carbonyl (C=O) groups is 1. The summed E-state index contributed by atoms with van der Waals surface area (Å²) in [7, 11) is 5.26. The Morgan fingerprint density at radius 1 is 1.22 bits per heavy atom. The van der Waals surface area contributed by atoms with Gasteiger partial charge >= 0.3 is 6.18 Å². The van der Waals surface area contributed by atoms with Crippen LogP contribution in [0.15, 0.2) is 54.0 Å². The van der Waals surface area contributed by atoms with Crippen molar-refractivity contribution in [1.82, 2.24) is 25.0 Å². The first-order valence-electron chi connectivity index (χ1n) is 14.2. The summed E-state index contributed by atoms with van der Waals surface area (Å²) in [6.07, 6.45) is 8.80. The van der Waals surface area contributed by atoms with Crippen LogP contribution in [0.25, 0.3) is 5.70 Å². The number of amides is 1. The van der Waals surface area contributed by atoms with Gasteiger partial charge in [0.2, 0.25) is 0 Å². The molecule has 2 heterocycles. The Bertz CT molecular complexity index is 1340. The van der Waals surface area contributed by atoms with Crippen molar-refractivity contribution in [3.8, 4) is 12.8 Å².